The van der Waals surface area contributed by atoms with E-state index in [1.807, 2.05) is 6.92 Å². The average molecular weight is 286 g/mol. The highest BCUT2D eigenvalue weighted by atomic mass is 19.1. The molecule has 1 aromatic carbocycles. The van der Waals surface area contributed by atoms with Gasteiger partial charge in [0, 0.05) is 23.4 Å². The van der Waals surface area contributed by atoms with E-state index in [0.717, 1.165) is 11.3 Å². The topological polar surface area (TPSA) is 83.8 Å². The van der Waals surface area contributed by atoms with E-state index in [-0.39, 0.29) is 18.7 Å². The van der Waals surface area contributed by atoms with Gasteiger partial charge in [-0.25, -0.2) is 4.39 Å². The first-order valence-corrected chi connectivity index (χ1v) is 6.37. The minimum Gasteiger partial charge on any atom is -0.348 e. The van der Waals surface area contributed by atoms with E-state index >= 15 is 0 Å². The molecule has 108 valence electrons. The van der Waals surface area contributed by atoms with Gasteiger partial charge in [-0.2, -0.15) is 5.10 Å². The SMILES string of the molecule is Cc1[nH]ncc1CNC(=O)c1cc(C#CCN)ccc1F. The Hall–Kier alpha value is -2.65. The molecule has 0 fully saturated rings. The molecule has 0 saturated heterocycles. The number of amides is 1. The van der Waals surface area contributed by atoms with Crippen LogP contribution in [0.5, 0.6) is 0 Å². The van der Waals surface area contributed by atoms with E-state index in [0.29, 0.717) is 5.56 Å². The zero-order valence-corrected chi connectivity index (χ0v) is 11.5. The maximum atomic E-state index is 13.7. The minimum atomic E-state index is -0.588. The summed E-state index contributed by atoms with van der Waals surface area (Å²) >= 11 is 0. The number of benzene rings is 1. The first-order chi connectivity index (χ1) is 10.1. The number of nitrogens with one attached hydrogen (secondary N) is 2. The third kappa shape index (κ3) is 3.68. The molecule has 0 bridgehead atoms. The van der Waals surface area contributed by atoms with Crippen LogP contribution in [0.4, 0.5) is 4.39 Å². The number of rotatable bonds is 3. The number of aryl methyl sites for hydroxylation is 1. The van der Waals surface area contributed by atoms with Crippen LogP contribution in [0.3, 0.4) is 0 Å². The Morgan fingerprint density at radius 2 is 2.33 bits per heavy atom. The summed E-state index contributed by atoms with van der Waals surface area (Å²) in [6.45, 7) is 2.33. The van der Waals surface area contributed by atoms with E-state index in [9.17, 15) is 9.18 Å². The molecular weight excluding hydrogens is 271 g/mol. The second-order valence-corrected chi connectivity index (χ2v) is 4.40. The van der Waals surface area contributed by atoms with Gasteiger partial charge in [-0.3, -0.25) is 9.89 Å². The van der Waals surface area contributed by atoms with Gasteiger partial charge in [0.1, 0.15) is 5.82 Å². The molecule has 0 saturated carbocycles. The average Bonchev–Trinajstić information content (AvgIpc) is 2.89. The van der Waals surface area contributed by atoms with Gasteiger partial charge in [0.2, 0.25) is 0 Å². The second kappa shape index (κ2) is 6.68. The lowest BCUT2D eigenvalue weighted by atomic mass is 10.1. The Kier molecular flexibility index (Phi) is 4.69. The monoisotopic (exact) mass is 286 g/mol. The lowest BCUT2D eigenvalue weighted by Crippen LogP contribution is -2.24. The van der Waals surface area contributed by atoms with Gasteiger partial charge in [0.15, 0.2) is 0 Å². The van der Waals surface area contributed by atoms with Crippen molar-refractivity contribution < 1.29 is 9.18 Å². The second-order valence-electron chi connectivity index (χ2n) is 4.40. The molecule has 5 nitrogen and oxygen atoms in total. The summed E-state index contributed by atoms with van der Waals surface area (Å²) in [5, 5.41) is 9.28. The Balaban J connectivity index is 2.13. The fourth-order valence-electron chi connectivity index (χ4n) is 1.75. The van der Waals surface area contributed by atoms with E-state index in [2.05, 4.69) is 27.4 Å². The maximum Gasteiger partial charge on any atom is 0.254 e. The number of carbonyl (C=O) groups is 1. The van der Waals surface area contributed by atoms with Gasteiger partial charge in [0.25, 0.3) is 5.91 Å². The van der Waals surface area contributed by atoms with Crippen molar-refractivity contribution in [3.63, 3.8) is 0 Å². The Labute approximate surface area is 121 Å². The van der Waals surface area contributed by atoms with Crippen LogP contribution >= 0.6 is 0 Å². The van der Waals surface area contributed by atoms with Crippen molar-refractivity contribution in [1.82, 2.24) is 15.5 Å². The number of carbonyl (C=O) groups excluding carboxylic acids is 1. The number of nitrogens with zero attached hydrogens (tertiary/aromatic N) is 1. The van der Waals surface area contributed by atoms with Gasteiger partial charge in [-0.05, 0) is 25.1 Å². The smallest absolute Gasteiger partial charge is 0.254 e. The molecule has 0 spiro atoms. The van der Waals surface area contributed by atoms with E-state index < -0.39 is 11.7 Å². The molecule has 0 radical (unpaired) electrons. The molecule has 1 heterocycles. The summed E-state index contributed by atoms with van der Waals surface area (Å²) in [6, 6.07) is 4.14. The predicted molar refractivity (Wildman–Crippen MR) is 76.8 cm³/mol. The summed E-state index contributed by atoms with van der Waals surface area (Å²) in [5.74, 6) is 4.35. The highest BCUT2D eigenvalue weighted by Gasteiger charge is 2.12. The third-order valence-corrected chi connectivity index (χ3v) is 2.92. The van der Waals surface area contributed by atoms with Gasteiger partial charge in [-0.1, -0.05) is 11.8 Å². The molecule has 0 aliphatic heterocycles. The zero-order chi connectivity index (χ0) is 15.2. The van der Waals surface area contributed by atoms with Crippen molar-refractivity contribution in [3.8, 4) is 11.8 Å². The standard InChI is InChI=1S/C15H15FN4O/c1-10-12(9-19-20-10)8-18-15(21)13-7-11(3-2-6-17)4-5-14(13)16/h4-5,7,9H,6,8,17H2,1H3,(H,18,21)(H,19,20). The molecule has 1 amide bonds. The van der Waals surface area contributed by atoms with Crippen LogP contribution < -0.4 is 11.1 Å². The largest absolute Gasteiger partial charge is 0.348 e. The molecule has 21 heavy (non-hydrogen) atoms. The molecule has 1 aromatic heterocycles. The minimum absolute atomic E-state index is 0.0417. The molecule has 4 N–H and O–H groups in total. The molecule has 2 aromatic rings. The highest BCUT2D eigenvalue weighted by Crippen LogP contribution is 2.11. The molecule has 6 heteroatoms. The van der Waals surface area contributed by atoms with Gasteiger partial charge in [0.05, 0.1) is 18.3 Å². The van der Waals surface area contributed by atoms with Crippen LogP contribution in [0.15, 0.2) is 24.4 Å². The first kappa shape index (κ1) is 14.8. The van der Waals surface area contributed by atoms with Crippen LogP contribution in [0, 0.1) is 24.6 Å². The molecule has 2 rings (SSSR count). The number of hydrogen-bond acceptors (Lipinski definition) is 3. The predicted octanol–water partition coefficient (Wildman–Crippen LogP) is 1.10. The van der Waals surface area contributed by atoms with E-state index in [1.165, 1.54) is 18.2 Å². The molecule has 0 aliphatic carbocycles. The van der Waals surface area contributed by atoms with Gasteiger partial charge < -0.3 is 11.1 Å². The number of nitrogens with two attached hydrogens (primary N) is 1. The van der Waals surface area contributed by atoms with Crippen molar-refractivity contribution in [3.05, 3.63) is 52.6 Å². The number of aromatic amines is 1. The number of halogens is 1. The molecule has 0 atom stereocenters. The maximum absolute atomic E-state index is 13.7. The van der Waals surface area contributed by atoms with Crippen LogP contribution in [-0.4, -0.2) is 22.6 Å². The Morgan fingerprint density at radius 3 is 3.00 bits per heavy atom. The summed E-state index contributed by atoms with van der Waals surface area (Å²) < 4.78 is 13.7. The number of H-pyrrole nitrogens is 1. The lowest BCUT2D eigenvalue weighted by Gasteiger charge is -2.06. The fourth-order valence-corrected chi connectivity index (χ4v) is 1.75. The molecule has 0 unspecified atom stereocenters. The van der Waals surface area contributed by atoms with Crippen molar-refractivity contribution >= 4 is 5.91 Å². The van der Waals surface area contributed by atoms with Crippen molar-refractivity contribution in [2.24, 2.45) is 5.73 Å². The quantitative estimate of drug-likeness (QED) is 0.739. The zero-order valence-electron chi connectivity index (χ0n) is 11.5. The van der Waals surface area contributed by atoms with E-state index in [4.69, 9.17) is 5.73 Å². The third-order valence-electron chi connectivity index (χ3n) is 2.92. The van der Waals surface area contributed by atoms with Crippen LogP contribution in [-0.2, 0) is 6.54 Å². The highest BCUT2D eigenvalue weighted by molar-refractivity contribution is 5.94. The van der Waals surface area contributed by atoms with Crippen molar-refractivity contribution in [1.29, 1.82) is 0 Å². The van der Waals surface area contributed by atoms with Crippen LogP contribution in [0.1, 0.15) is 27.2 Å². The van der Waals surface area contributed by atoms with E-state index in [1.54, 1.807) is 6.20 Å². The van der Waals surface area contributed by atoms with Gasteiger partial charge >= 0.3 is 0 Å². The van der Waals surface area contributed by atoms with Gasteiger partial charge in [-0.15, -0.1) is 0 Å². The summed E-state index contributed by atoms with van der Waals surface area (Å²) in [4.78, 5) is 12.0. The Morgan fingerprint density at radius 1 is 1.52 bits per heavy atom. The lowest BCUT2D eigenvalue weighted by molar-refractivity contribution is 0.0947. The normalized spacial score (nSPS) is 9.86. The Bertz CT molecular complexity index is 712. The van der Waals surface area contributed by atoms with Crippen molar-refractivity contribution in [2.75, 3.05) is 6.54 Å². The summed E-state index contributed by atoms with van der Waals surface area (Å²) in [6.07, 6.45) is 1.62. The number of hydrogen-bond donors (Lipinski definition) is 3. The van der Waals surface area contributed by atoms with Crippen molar-refractivity contribution in [2.45, 2.75) is 13.5 Å². The first-order valence-electron chi connectivity index (χ1n) is 6.37. The molecule has 0 aliphatic rings. The number of aromatic nitrogens is 2. The van der Waals surface area contributed by atoms with Crippen LogP contribution in [0.2, 0.25) is 0 Å². The van der Waals surface area contributed by atoms with Crippen LogP contribution in [0.25, 0.3) is 0 Å². The fraction of sp³-hybridized carbons (Fsp3) is 0.200. The summed E-state index contributed by atoms with van der Waals surface area (Å²) in [5.41, 5.74) is 7.50. The molecular formula is C15H15FN4O. The summed E-state index contributed by atoms with van der Waals surface area (Å²) in [7, 11) is 0.